The average molecular weight is 362 g/mol. The lowest BCUT2D eigenvalue weighted by molar-refractivity contribution is -0.282. The van der Waals surface area contributed by atoms with Crippen molar-refractivity contribution < 1.29 is 32.9 Å². The van der Waals surface area contributed by atoms with Gasteiger partial charge in [0, 0.05) is 24.6 Å². The molecule has 4 rings (SSSR count). The molecule has 0 spiro atoms. The van der Waals surface area contributed by atoms with Gasteiger partial charge in [-0.05, 0) is 32.0 Å². The van der Waals surface area contributed by atoms with Gasteiger partial charge in [-0.25, -0.2) is 9.59 Å². The predicted molar refractivity (Wildman–Crippen MR) is 88.0 cm³/mol. The van der Waals surface area contributed by atoms with E-state index < -0.39 is 42.0 Å². The lowest BCUT2D eigenvalue weighted by Crippen LogP contribution is -2.62. The normalized spacial score (nSPS) is 29.7. The highest BCUT2D eigenvalue weighted by Crippen LogP contribution is 2.38. The standard InChI is InChI=1S/C18H18O8/c1-18(2)15(21-3)13-14(25-17(20)24-13)16(26-18)22-10-6-4-9-5-7-12(19)23-11(9)8-10/h4-8,13-16H,1-3H3/t13-,14?,15+,16+/m0/s1. The third kappa shape index (κ3) is 2.81. The second-order valence-electron chi connectivity index (χ2n) is 6.73. The summed E-state index contributed by atoms with van der Waals surface area (Å²) < 4.78 is 33.0. The molecule has 0 amide bonds. The number of benzene rings is 1. The van der Waals surface area contributed by atoms with Crippen LogP contribution in [0.25, 0.3) is 11.0 Å². The first kappa shape index (κ1) is 16.9. The summed E-state index contributed by atoms with van der Waals surface area (Å²) in [6, 6.07) is 8.07. The van der Waals surface area contributed by atoms with Crippen molar-refractivity contribution in [3.8, 4) is 5.75 Å². The molecule has 138 valence electrons. The van der Waals surface area contributed by atoms with E-state index in [9.17, 15) is 9.59 Å². The number of ether oxygens (including phenoxy) is 5. The summed E-state index contributed by atoms with van der Waals surface area (Å²) in [6.45, 7) is 3.64. The van der Waals surface area contributed by atoms with Crippen LogP contribution in [0.1, 0.15) is 13.8 Å². The van der Waals surface area contributed by atoms with Crippen molar-refractivity contribution in [1.82, 2.24) is 0 Å². The molecular formula is C18H18O8. The summed E-state index contributed by atoms with van der Waals surface area (Å²) in [7, 11) is 1.52. The number of hydrogen-bond acceptors (Lipinski definition) is 8. The Hall–Kier alpha value is -2.58. The van der Waals surface area contributed by atoms with Crippen molar-refractivity contribution in [2.24, 2.45) is 0 Å². The summed E-state index contributed by atoms with van der Waals surface area (Å²) in [5, 5.41) is 0.759. The van der Waals surface area contributed by atoms with Crippen LogP contribution in [-0.4, -0.2) is 43.5 Å². The molecule has 0 saturated carbocycles. The Morgan fingerprint density at radius 3 is 2.54 bits per heavy atom. The summed E-state index contributed by atoms with van der Waals surface area (Å²) in [5.41, 5.74) is -0.847. The zero-order chi connectivity index (χ0) is 18.5. The third-order valence-corrected chi connectivity index (χ3v) is 4.56. The fraction of sp³-hybridized carbons (Fsp3) is 0.444. The Kier molecular flexibility index (Phi) is 3.89. The molecule has 3 heterocycles. The molecule has 8 heteroatoms. The fourth-order valence-corrected chi connectivity index (χ4v) is 3.42. The Morgan fingerprint density at radius 1 is 1.04 bits per heavy atom. The minimum absolute atomic E-state index is 0.385. The lowest BCUT2D eigenvalue weighted by atomic mass is 9.89. The first-order chi connectivity index (χ1) is 12.4. The van der Waals surface area contributed by atoms with Crippen LogP contribution in [0.5, 0.6) is 5.75 Å². The smallest absolute Gasteiger partial charge is 0.461 e. The minimum atomic E-state index is -0.902. The Balaban J connectivity index is 1.64. The van der Waals surface area contributed by atoms with Crippen LogP contribution in [0.2, 0.25) is 0 Å². The fourth-order valence-electron chi connectivity index (χ4n) is 3.42. The van der Waals surface area contributed by atoms with Crippen molar-refractivity contribution in [2.45, 2.75) is 44.1 Å². The quantitative estimate of drug-likeness (QED) is 0.606. The van der Waals surface area contributed by atoms with Crippen LogP contribution in [0.4, 0.5) is 4.79 Å². The van der Waals surface area contributed by atoms with Crippen LogP contribution < -0.4 is 10.4 Å². The maximum atomic E-state index is 11.6. The molecule has 0 radical (unpaired) electrons. The number of methoxy groups -OCH3 is 1. The first-order valence-corrected chi connectivity index (χ1v) is 8.16. The minimum Gasteiger partial charge on any atom is -0.461 e. The van der Waals surface area contributed by atoms with E-state index in [0.29, 0.717) is 11.3 Å². The maximum absolute atomic E-state index is 11.6. The van der Waals surface area contributed by atoms with Gasteiger partial charge in [0.2, 0.25) is 12.4 Å². The van der Waals surface area contributed by atoms with Gasteiger partial charge in [-0.2, -0.15) is 0 Å². The molecular weight excluding hydrogens is 344 g/mol. The van der Waals surface area contributed by atoms with Gasteiger partial charge in [0.1, 0.15) is 17.4 Å². The number of rotatable bonds is 3. The van der Waals surface area contributed by atoms with Gasteiger partial charge >= 0.3 is 11.8 Å². The first-order valence-electron chi connectivity index (χ1n) is 8.16. The molecule has 1 unspecified atom stereocenters. The topological polar surface area (TPSA) is 93.4 Å². The number of carbonyl (C=O) groups is 1. The molecule has 1 aromatic heterocycles. The molecule has 8 nitrogen and oxygen atoms in total. The Morgan fingerprint density at radius 2 is 1.77 bits per heavy atom. The highest BCUT2D eigenvalue weighted by atomic mass is 16.8. The van der Waals surface area contributed by atoms with Gasteiger partial charge in [-0.1, -0.05) is 0 Å². The number of carbonyl (C=O) groups excluding carboxylic acids is 1. The molecule has 1 aromatic carbocycles. The largest absolute Gasteiger partial charge is 0.509 e. The van der Waals surface area contributed by atoms with Crippen molar-refractivity contribution in [3.63, 3.8) is 0 Å². The molecule has 0 aliphatic carbocycles. The molecule has 4 atom stereocenters. The van der Waals surface area contributed by atoms with E-state index >= 15 is 0 Å². The number of hydrogen-bond donors (Lipinski definition) is 0. The Bertz CT molecular complexity index is 901. The van der Waals surface area contributed by atoms with E-state index in [0.717, 1.165) is 5.39 Å². The second kappa shape index (κ2) is 6.00. The van der Waals surface area contributed by atoms with Crippen LogP contribution in [0.3, 0.4) is 0 Å². The van der Waals surface area contributed by atoms with E-state index in [4.69, 9.17) is 28.1 Å². The van der Waals surface area contributed by atoms with Crippen LogP contribution >= 0.6 is 0 Å². The van der Waals surface area contributed by atoms with Gasteiger partial charge in [0.05, 0.1) is 5.60 Å². The van der Waals surface area contributed by atoms with E-state index in [1.54, 1.807) is 24.3 Å². The van der Waals surface area contributed by atoms with Gasteiger partial charge in [0.25, 0.3) is 0 Å². The summed E-state index contributed by atoms with van der Waals surface area (Å²) in [5.74, 6) is 0.408. The van der Waals surface area contributed by atoms with Gasteiger partial charge in [0.15, 0.2) is 6.10 Å². The van der Waals surface area contributed by atoms with Crippen LogP contribution in [-0.2, 0) is 18.9 Å². The van der Waals surface area contributed by atoms with Crippen molar-refractivity contribution in [1.29, 1.82) is 0 Å². The molecule has 2 saturated heterocycles. The van der Waals surface area contributed by atoms with E-state index in [1.165, 1.54) is 13.2 Å². The lowest BCUT2D eigenvalue weighted by Gasteiger charge is -2.45. The van der Waals surface area contributed by atoms with Crippen LogP contribution in [0, 0.1) is 0 Å². The third-order valence-electron chi connectivity index (χ3n) is 4.56. The summed E-state index contributed by atoms with van der Waals surface area (Å²) >= 11 is 0. The molecule has 0 bridgehead atoms. The van der Waals surface area contributed by atoms with E-state index in [1.807, 2.05) is 13.8 Å². The highest BCUT2D eigenvalue weighted by Gasteiger charge is 2.58. The van der Waals surface area contributed by atoms with Crippen molar-refractivity contribution in [3.05, 3.63) is 40.8 Å². The summed E-state index contributed by atoms with van der Waals surface area (Å²) in [4.78, 5) is 23.0. The van der Waals surface area contributed by atoms with Crippen LogP contribution in [0.15, 0.2) is 39.5 Å². The zero-order valence-electron chi connectivity index (χ0n) is 14.5. The van der Waals surface area contributed by atoms with Gasteiger partial charge < -0.3 is 28.1 Å². The molecule has 2 aliphatic heterocycles. The average Bonchev–Trinajstić information content (AvgIpc) is 2.95. The van der Waals surface area contributed by atoms with Gasteiger partial charge in [-0.3, -0.25) is 0 Å². The molecule has 26 heavy (non-hydrogen) atoms. The zero-order valence-corrected chi connectivity index (χ0v) is 14.5. The van der Waals surface area contributed by atoms with Crippen molar-refractivity contribution >= 4 is 17.1 Å². The van der Waals surface area contributed by atoms with E-state index in [2.05, 4.69) is 0 Å². The maximum Gasteiger partial charge on any atom is 0.509 e. The van der Waals surface area contributed by atoms with Gasteiger partial charge in [-0.15, -0.1) is 0 Å². The Labute approximate surface area is 148 Å². The van der Waals surface area contributed by atoms with E-state index in [-0.39, 0.29) is 0 Å². The number of fused-ring (bicyclic) bond motifs is 2. The van der Waals surface area contributed by atoms with Crippen molar-refractivity contribution in [2.75, 3.05) is 7.11 Å². The SMILES string of the molecule is CO[C@@H]1[C@H]2OC(=O)OC2[C@H](Oc2ccc3ccc(=O)oc3c2)OC1(C)C. The molecule has 2 aliphatic rings. The molecule has 2 aromatic rings. The monoisotopic (exact) mass is 362 g/mol. The summed E-state index contributed by atoms with van der Waals surface area (Å²) in [6.07, 6.45) is -3.63. The molecule has 0 N–H and O–H groups in total. The predicted octanol–water partition coefficient (Wildman–Crippen LogP) is 2.23. The highest BCUT2D eigenvalue weighted by molar-refractivity contribution is 5.77. The molecule has 2 fully saturated rings. The second-order valence-corrected chi connectivity index (χ2v) is 6.73.